The first kappa shape index (κ1) is 17.5. The van der Waals surface area contributed by atoms with Crippen LogP contribution < -0.4 is 0 Å². The van der Waals surface area contributed by atoms with Gasteiger partial charge in [-0.3, -0.25) is 9.59 Å². The van der Waals surface area contributed by atoms with Crippen molar-refractivity contribution in [1.82, 2.24) is 4.90 Å². The second-order valence-electron chi connectivity index (χ2n) is 4.62. The van der Waals surface area contributed by atoms with E-state index in [1.807, 2.05) is 0 Å². The van der Waals surface area contributed by atoms with Crippen LogP contribution in [0.2, 0.25) is 10.0 Å². The zero-order chi connectivity index (χ0) is 16.0. The summed E-state index contributed by atoms with van der Waals surface area (Å²) in [6, 6.07) is 5.05. The molecule has 6 heteroatoms. The lowest BCUT2D eigenvalue weighted by molar-refractivity contribution is -0.142. The summed E-state index contributed by atoms with van der Waals surface area (Å²) < 4.78 is 0. The number of hydrogen-bond donors (Lipinski definition) is 1. The Morgan fingerprint density at radius 1 is 1.33 bits per heavy atom. The molecule has 0 saturated carbocycles. The van der Waals surface area contributed by atoms with Gasteiger partial charge < -0.3 is 10.0 Å². The molecule has 1 N–H and O–H groups in total. The van der Waals surface area contributed by atoms with E-state index in [0.29, 0.717) is 16.6 Å². The minimum absolute atomic E-state index is 0.177. The normalized spacial score (nSPS) is 12.4. The smallest absolute Gasteiger partial charge is 0.308 e. The van der Waals surface area contributed by atoms with Crippen molar-refractivity contribution in [2.45, 2.75) is 13.8 Å². The molecule has 0 aliphatic rings. The van der Waals surface area contributed by atoms with Gasteiger partial charge >= 0.3 is 5.97 Å². The minimum atomic E-state index is -0.922. The van der Waals surface area contributed by atoms with Crippen molar-refractivity contribution in [2.75, 3.05) is 13.1 Å². The fourth-order valence-electron chi connectivity index (χ4n) is 1.67. The van der Waals surface area contributed by atoms with Crippen molar-refractivity contribution in [3.8, 4) is 0 Å². The summed E-state index contributed by atoms with van der Waals surface area (Å²) in [5.41, 5.74) is 0.750. The molecule has 0 aliphatic carbocycles. The highest BCUT2D eigenvalue weighted by Gasteiger charge is 2.17. The van der Waals surface area contributed by atoms with E-state index in [1.54, 1.807) is 38.1 Å². The van der Waals surface area contributed by atoms with E-state index in [1.165, 1.54) is 11.0 Å². The lowest BCUT2D eigenvalue weighted by Gasteiger charge is -2.21. The minimum Gasteiger partial charge on any atom is -0.481 e. The summed E-state index contributed by atoms with van der Waals surface area (Å²) in [6.07, 6.45) is 3.02. The van der Waals surface area contributed by atoms with Crippen LogP contribution in [0.1, 0.15) is 19.4 Å². The first-order chi connectivity index (χ1) is 9.85. The number of rotatable bonds is 6. The zero-order valence-corrected chi connectivity index (χ0v) is 13.4. The molecular weight excluding hydrogens is 313 g/mol. The molecule has 0 radical (unpaired) electrons. The Bertz CT molecular complexity index is 558. The summed E-state index contributed by atoms with van der Waals surface area (Å²) in [6.45, 7) is 4.00. The number of carboxylic acids is 1. The van der Waals surface area contributed by atoms with Crippen LogP contribution in [0.25, 0.3) is 6.08 Å². The Morgan fingerprint density at radius 2 is 2.00 bits per heavy atom. The number of likely N-dealkylation sites (N-methyl/N-ethyl adjacent to an activating group) is 1. The molecule has 0 saturated heterocycles. The van der Waals surface area contributed by atoms with Gasteiger partial charge in [0.2, 0.25) is 5.91 Å². The second kappa shape index (κ2) is 8.05. The lowest BCUT2D eigenvalue weighted by atomic mass is 10.1. The summed E-state index contributed by atoms with van der Waals surface area (Å²) in [4.78, 5) is 24.4. The molecule has 0 heterocycles. The van der Waals surface area contributed by atoms with E-state index in [-0.39, 0.29) is 12.5 Å². The molecule has 0 aromatic heterocycles. The van der Waals surface area contributed by atoms with Crippen LogP contribution >= 0.6 is 23.2 Å². The molecule has 21 heavy (non-hydrogen) atoms. The third-order valence-corrected chi connectivity index (χ3v) is 3.71. The number of amides is 1. The quantitative estimate of drug-likeness (QED) is 0.811. The standard InChI is InChI=1S/C15H17Cl2NO3/c1-3-18(9-10(2)15(20)21)14(19)7-5-11-4-6-12(16)13(17)8-11/h4-8,10H,3,9H2,1-2H3,(H,20,21). The molecular formula is C15H17Cl2NO3. The van der Waals surface area contributed by atoms with Crippen LogP contribution in [0.15, 0.2) is 24.3 Å². The molecule has 0 aliphatic heterocycles. The number of nitrogens with zero attached hydrogens (tertiary/aromatic N) is 1. The summed E-state index contributed by atoms with van der Waals surface area (Å²) in [5.74, 6) is -1.77. The van der Waals surface area contributed by atoms with Crippen LogP contribution in [0, 0.1) is 5.92 Å². The first-order valence-corrected chi connectivity index (χ1v) is 7.25. The van der Waals surface area contributed by atoms with Gasteiger partial charge in [-0.1, -0.05) is 36.2 Å². The Labute approximate surface area is 134 Å². The molecule has 1 aromatic rings. The van der Waals surface area contributed by atoms with E-state index in [9.17, 15) is 9.59 Å². The maximum absolute atomic E-state index is 12.0. The number of halogens is 2. The number of hydrogen-bond acceptors (Lipinski definition) is 2. The monoisotopic (exact) mass is 329 g/mol. The third-order valence-electron chi connectivity index (χ3n) is 2.97. The SMILES string of the molecule is CCN(CC(C)C(=O)O)C(=O)C=Cc1ccc(Cl)c(Cl)c1. The molecule has 1 rings (SSSR count). The highest BCUT2D eigenvalue weighted by Crippen LogP contribution is 2.23. The predicted molar refractivity (Wildman–Crippen MR) is 84.5 cm³/mol. The fourth-order valence-corrected chi connectivity index (χ4v) is 1.98. The van der Waals surface area contributed by atoms with Crippen LogP contribution in [0.5, 0.6) is 0 Å². The largest absolute Gasteiger partial charge is 0.481 e. The topological polar surface area (TPSA) is 57.6 Å². The van der Waals surface area contributed by atoms with Crippen molar-refractivity contribution in [3.63, 3.8) is 0 Å². The predicted octanol–water partition coefficient (Wildman–Crippen LogP) is 3.58. The van der Waals surface area contributed by atoms with Crippen LogP contribution in [-0.2, 0) is 9.59 Å². The Kier molecular flexibility index (Phi) is 6.72. The third kappa shape index (κ3) is 5.40. The number of aliphatic carboxylic acids is 1. The van der Waals surface area contributed by atoms with Gasteiger partial charge in [-0.2, -0.15) is 0 Å². The van der Waals surface area contributed by atoms with Gasteiger partial charge in [0.1, 0.15) is 0 Å². The average Bonchev–Trinajstić information content (AvgIpc) is 2.45. The number of carbonyl (C=O) groups excluding carboxylic acids is 1. The maximum Gasteiger partial charge on any atom is 0.308 e. The van der Waals surface area contributed by atoms with Gasteiger partial charge in [0.05, 0.1) is 16.0 Å². The van der Waals surface area contributed by atoms with Crippen LogP contribution in [0.3, 0.4) is 0 Å². The van der Waals surface area contributed by atoms with Gasteiger partial charge in [0, 0.05) is 19.2 Å². The van der Waals surface area contributed by atoms with E-state index in [2.05, 4.69) is 0 Å². The molecule has 0 spiro atoms. The van der Waals surface area contributed by atoms with Gasteiger partial charge in [0.15, 0.2) is 0 Å². The van der Waals surface area contributed by atoms with Crippen molar-refractivity contribution < 1.29 is 14.7 Å². The fraction of sp³-hybridized carbons (Fsp3) is 0.333. The highest BCUT2D eigenvalue weighted by atomic mass is 35.5. The van der Waals surface area contributed by atoms with Crippen molar-refractivity contribution in [3.05, 3.63) is 39.9 Å². The number of benzene rings is 1. The lowest BCUT2D eigenvalue weighted by Crippen LogP contribution is -2.35. The Hall–Kier alpha value is -1.52. The van der Waals surface area contributed by atoms with Gasteiger partial charge in [0.25, 0.3) is 0 Å². The van der Waals surface area contributed by atoms with Crippen LogP contribution in [0.4, 0.5) is 0 Å². The molecule has 1 aromatic carbocycles. The molecule has 1 atom stereocenters. The van der Waals surface area contributed by atoms with E-state index >= 15 is 0 Å². The zero-order valence-electron chi connectivity index (χ0n) is 11.8. The molecule has 114 valence electrons. The summed E-state index contributed by atoms with van der Waals surface area (Å²) >= 11 is 11.7. The maximum atomic E-state index is 12.0. The highest BCUT2D eigenvalue weighted by molar-refractivity contribution is 6.42. The Balaban J connectivity index is 2.75. The Morgan fingerprint density at radius 3 is 2.52 bits per heavy atom. The summed E-state index contributed by atoms with van der Waals surface area (Å²) in [5, 5.41) is 9.75. The van der Waals surface area contributed by atoms with Crippen molar-refractivity contribution in [2.24, 2.45) is 5.92 Å². The van der Waals surface area contributed by atoms with Gasteiger partial charge in [-0.15, -0.1) is 0 Å². The van der Waals surface area contributed by atoms with Crippen LogP contribution in [-0.4, -0.2) is 35.0 Å². The molecule has 4 nitrogen and oxygen atoms in total. The van der Waals surface area contributed by atoms with Crippen molar-refractivity contribution >= 4 is 41.2 Å². The van der Waals surface area contributed by atoms with Crippen molar-refractivity contribution in [1.29, 1.82) is 0 Å². The number of carbonyl (C=O) groups is 2. The first-order valence-electron chi connectivity index (χ1n) is 6.50. The van der Waals surface area contributed by atoms with E-state index in [0.717, 1.165) is 5.56 Å². The molecule has 1 unspecified atom stereocenters. The second-order valence-corrected chi connectivity index (χ2v) is 5.44. The molecule has 0 bridgehead atoms. The molecule has 0 fully saturated rings. The average molecular weight is 330 g/mol. The molecule has 1 amide bonds. The van der Waals surface area contributed by atoms with E-state index in [4.69, 9.17) is 28.3 Å². The van der Waals surface area contributed by atoms with Gasteiger partial charge in [-0.25, -0.2) is 0 Å². The van der Waals surface area contributed by atoms with Gasteiger partial charge in [-0.05, 0) is 30.7 Å². The number of carboxylic acid groups (broad SMARTS) is 1. The summed E-state index contributed by atoms with van der Waals surface area (Å²) in [7, 11) is 0. The van der Waals surface area contributed by atoms with E-state index < -0.39 is 11.9 Å².